The number of nitro benzene ring substituents is 1. The first kappa shape index (κ1) is 14.1. The molecule has 1 heterocycles. The zero-order valence-electron chi connectivity index (χ0n) is 12.5. The number of nitrogens with one attached hydrogen (secondary N) is 1. The maximum Gasteiger partial charge on any atom is 0.269 e. The molecule has 0 unspecified atom stereocenters. The molecule has 0 amide bonds. The summed E-state index contributed by atoms with van der Waals surface area (Å²) < 4.78 is 0. The lowest BCUT2D eigenvalue weighted by Gasteiger charge is -2.02. The first-order valence-corrected chi connectivity index (χ1v) is 7.37. The molecule has 1 aliphatic rings. The number of hydrazone groups is 1. The van der Waals surface area contributed by atoms with Gasteiger partial charge in [-0.2, -0.15) is 5.10 Å². The number of nitro groups is 1. The summed E-state index contributed by atoms with van der Waals surface area (Å²) in [7, 11) is 0. The molecule has 0 aliphatic carbocycles. The van der Waals surface area contributed by atoms with Crippen LogP contribution < -0.4 is 5.43 Å². The molecule has 0 spiro atoms. The third-order valence-corrected chi connectivity index (χ3v) is 3.86. The van der Waals surface area contributed by atoms with Crippen LogP contribution in [0.15, 0.2) is 70.8 Å². The smallest absolute Gasteiger partial charge is 0.261 e. The molecule has 6 nitrogen and oxygen atoms in total. The molecule has 3 aromatic carbocycles. The molecule has 24 heavy (non-hydrogen) atoms. The lowest BCUT2D eigenvalue weighted by molar-refractivity contribution is -0.384. The Morgan fingerprint density at radius 1 is 1.04 bits per heavy atom. The quantitative estimate of drug-likeness (QED) is 0.454. The topological polar surface area (TPSA) is 79.9 Å². The van der Waals surface area contributed by atoms with E-state index in [4.69, 9.17) is 0 Å². The van der Waals surface area contributed by atoms with E-state index in [1.165, 1.54) is 12.1 Å². The van der Waals surface area contributed by atoms with E-state index < -0.39 is 4.92 Å². The van der Waals surface area contributed by atoms with Crippen LogP contribution in [0.2, 0.25) is 0 Å². The van der Waals surface area contributed by atoms with Gasteiger partial charge in [-0.1, -0.05) is 30.3 Å². The van der Waals surface area contributed by atoms with Crippen LogP contribution in [0.5, 0.6) is 0 Å². The first-order chi connectivity index (χ1) is 11.7. The number of aliphatic imine (C=N–C) groups is 1. The average Bonchev–Trinajstić information content (AvgIpc) is 2.96. The Hall–Kier alpha value is -3.54. The van der Waals surface area contributed by atoms with Crippen LogP contribution >= 0.6 is 0 Å². The fraction of sp³-hybridized carbons (Fsp3) is 0. The molecule has 0 atom stereocenters. The van der Waals surface area contributed by atoms with Crippen molar-refractivity contribution >= 4 is 34.2 Å². The van der Waals surface area contributed by atoms with E-state index in [1.54, 1.807) is 18.3 Å². The number of benzene rings is 3. The highest BCUT2D eigenvalue weighted by Gasteiger charge is 2.17. The summed E-state index contributed by atoms with van der Waals surface area (Å²) in [5.41, 5.74) is 5.73. The summed E-state index contributed by atoms with van der Waals surface area (Å²) in [6, 6.07) is 18.3. The third-order valence-electron chi connectivity index (χ3n) is 3.86. The largest absolute Gasteiger partial charge is 0.269 e. The van der Waals surface area contributed by atoms with E-state index in [-0.39, 0.29) is 5.69 Å². The predicted octanol–water partition coefficient (Wildman–Crippen LogP) is 3.76. The number of amidine groups is 1. The van der Waals surface area contributed by atoms with Gasteiger partial charge < -0.3 is 0 Å². The van der Waals surface area contributed by atoms with Crippen LogP contribution in [0.1, 0.15) is 11.1 Å². The Labute approximate surface area is 137 Å². The Bertz CT molecular complexity index is 1000. The monoisotopic (exact) mass is 316 g/mol. The highest BCUT2D eigenvalue weighted by atomic mass is 16.6. The third kappa shape index (κ3) is 2.40. The fourth-order valence-electron chi connectivity index (χ4n) is 2.73. The molecule has 0 saturated carbocycles. The van der Waals surface area contributed by atoms with E-state index in [9.17, 15) is 10.1 Å². The second kappa shape index (κ2) is 5.58. The van der Waals surface area contributed by atoms with Crippen molar-refractivity contribution < 1.29 is 4.92 Å². The summed E-state index contributed by atoms with van der Waals surface area (Å²) in [5, 5.41) is 17.1. The van der Waals surface area contributed by atoms with Crippen molar-refractivity contribution in [3.8, 4) is 0 Å². The predicted molar refractivity (Wildman–Crippen MR) is 94.0 cm³/mol. The molecule has 3 aromatic rings. The number of hydrogen-bond acceptors (Lipinski definition) is 5. The molecule has 1 aliphatic heterocycles. The van der Waals surface area contributed by atoms with Crippen LogP contribution in [-0.4, -0.2) is 17.0 Å². The van der Waals surface area contributed by atoms with Gasteiger partial charge in [0.05, 0.1) is 16.8 Å². The van der Waals surface area contributed by atoms with Crippen molar-refractivity contribution in [3.63, 3.8) is 0 Å². The SMILES string of the molecule is O=[N+]([O-])c1ccc(/C=N/NC2=Nc3cccc4cccc2c34)cc1. The van der Waals surface area contributed by atoms with Gasteiger partial charge in [0, 0.05) is 23.1 Å². The van der Waals surface area contributed by atoms with E-state index in [0.717, 1.165) is 27.6 Å². The molecule has 0 radical (unpaired) electrons. The van der Waals surface area contributed by atoms with Gasteiger partial charge in [0.15, 0.2) is 5.84 Å². The summed E-state index contributed by atoms with van der Waals surface area (Å²) in [4.78, 5) is 14.8. The van der Waals surface area contributed by atoms with E-state index >= 15 is 0 Å². The van der Waals surface area contributed by atoms with E-state index in [0.29, 0.717) is 5.84 Å². The Kier molecular flexibility index (Phi) is 3.28. The second-order valence-electron chi connectivity index (χ2n) is 5.36. The Morgan fingerprint density at radius 2 is 1.79 bits per heavy atom. The van der Waals surface area contributed by atoms with Crippen LogP contribution in [0.4, 0.5) is 11.4 Å². The van der Waals surface area contributed by atoms with Crippen molar-refractivity contribution in [2.45, 2.75) is 0 Å². The maximum atomic E-state index is 10.6. The minimum Gasteiger partial charge on any atom is -0.261 e. The molecular weight excluding hydrogens is 304 g/mol. The zero-order valence-corrected chi connectivity index (χ0v) is 12.5. The normalized spacial score (nSPS) is 12.6. The molecule has 1 N–H and O–H groups in total. The molecule has 6 heteroatoms. The van der Waals surface area contributed by atoms with E-state index in [1.807, 2.05) is 24.3 Å². The van der Waals surface area contributed by atoms with Gasteiger partial charge in [0.2, 0.25) is 0 Å². The van der Waals surface area contributed by atoms with Crippen LogP contribution in [-0.2, 0) is 0 Å². The van der Waals surface area contributed by atoms with Gasteiger partial charge in [-0.25, -0.2) is 4.99 Å². The van der Waals surface area contributed by atoms with E-state index in [2.05, 4.69) is 27.7 Å². The molecule has 4 rings (SSSR count). The standard InChI is InChI=1S/C18H12N4O2/c23-22(24)14-9-7-12(8-10-14)11-19-21-18-15-5-1-3-13-4-2-6-16(20-18)17(13)15/h1-11H,(H,20,21)/b19-11+. The van der Waals surface area contributed by atoms with Crippen molar-refractivity contribution in [1.29, 1.82) is 0 Å². The maximum absolute atomic E-state index is 10.6. The molecule has 116 valence electrons. The van der Waals surface area contributed by atoms with Gasteiger partial charge in [-0.15, -0.1) is 0 Å². The van der Waals surface area contributed by atoms with Crippen molar-refractivity contribution in [2.75, 3.05) is 0 Å². The van der Waals surface area contributed by atoms with Crippen LogP contribution in [0.25, 0.3) is 10.8 Å². The minimum absolute atomic E-state index is 0.0578. The number of nitrogens with zero attached hydrogens (tertiary/aromatic N) is 3. The van der Waals surface area contributed by atoms with Gasteiger partial charge >= 0.3 is 0 Å². The molecule has 0 fully saturated rings. The van der Waals surface area contributed by atoms with Gasteiger partial charge in [-0.05, 0) is 29.1 Å². The average molecular weight is 316 g/mol. The summed E-state index contributed by atoms with van der Waals surface area (Å²) in [6.45, 7) is 0. The minimum atomic E-state index is -0.426. The lowest BCUT2D eigenvalue weighted by atomic mass is 10.0. The molecule has 0 aromatic heterocycles. The Balaban J connectivity index is 1.55. The van der Waals surface area contributed by atoms with Crippen LogP contribution in [0, 0.1) is 10.1 Å². The number of non-ortho nitro benzene ring substituents is 1. The lowest BCUT2D eigenvalue weighted by Crippen LogP contribution is -2.17. The number of hydrogen-bond donors (Lipinski definition) is 1. The molecular formula is C18H12N4O2. The van der Waals surface area contributed by atoms with Crippen molar-refractivity contribution in [2.24, 2.45) is 10.1 Å². The number of rotatable bonds is 3. The fourth-order valence-corrected chi connectivity index (χ4v) is 2.73. The highest BCUT2D eigenvalue weighted by Crippen LogP contribution is 2.34. The Morgan fingerprint density at radius 3 is 2.54 bits per heavy atom. The summed E-state index contributed by atoms with van der Waals surface area (Å²) in [5.74, 6) is 0.694. The molecule has 0 saturated heterocycles. The highest BCUT2D eigenvalue weighted by molar-refractivity contribution is 6.18. The molecule has 0 bridgehead atoms. The van der Waals surface area contributed by atoms with Crippen LogP contribution in [0.3, 0.4) is 0 Å². The van der Waals surface area contributed by atoms with Crippen molar-refractivity contribution in [1.82, 2.24) is 5.43 Å². The van der Waals surface area contributed by atoms with Gasteiger partial charge in [0.25, 0.3) is 5.69 Å². The summed E-state index contributed by atoms with van der Waals surface area (Å²) in [6.07, 6.45) is 1.61. The first-order valence-electron chi connectivity index (χ1n) is 7.37. The zero-order chi connectivity index (χ0) is 16.5. The van der Waals surface area contributed by atoms with Crippen molar-refractivity contribution in [3.05, 3.63) is 81.9 Å². The second-order valence-corrected chi connectivity index (χ2v) is 5.36. The van der Waals surface area contributed by atoms with Gasteiger partial charge in [0.1, 0.15) is 0 Å². The van der Waals surface area contributed by atoms with Gasteiger partial charge in [-0.3, -0.25) is 15.5 Å². The summed E-state index contributed by atoms with van der Waals surface area (Å²) >= 11 is 0.